The molecule has 1 atom stereocenters. The molecule has 1 heterocycles. The molecule has 1 saturated heterocycles. The molecular formula is C6H12BN. The van der Waals surface area contributed by atoms with E-state index < -0.39 is 0 Å². The topological polar surface area (TPSA) is 3.24 Å². The van der Waals surface area contributed by atoms with Crippen molar-refractivity contribution in [2.45, 2.75) is 18.7 Å². The van der Waals surface area contributed by atoms with Crippen LogP contribution in [0, 0.1) is 0 Å². The molecule has 0 unspecified atom stereocenters. The molecular weight excluding hydrogens is 96.9 g/mol. The Kier molecular flexibility index (Phi) is 1.95. The van der Waals surface area contributed by atoms with E-state index in [-0.39, 0.29) is 0 Å². The van der Waals surface area contributed by atoms with Crippen molar-refractivity contribution in [1.29, 1.82) is 0 Å². The number of rotatable bonds is 0. The lowest BCUT2D eigenvalue weighted by atomic mass is 9.81. The summed E-state index contributed by atoms with van der Waals surface area (Å²) in [6.07, 6.45) is 2.49. The van der Waals surface area contributed by atoms with Crippen molar-refractivity contribution in [2.24, 2.45) is 0 Å². The molecule has 0 amide bonds. The summed E-state index contributed by atoms with van der Waals surface area (Å²) in [5, 5.41) is 0. The van der Waals surface area contributed by atoms with Crippen LogP contribution in [0.5, 0.6) is 0 Å². The largest absolute Gasteiger partial charge is 0.307 e. The molecule has 1 aliphatic rings. The van der Waals surface area contributed by atoms with Gasteiger partial charge in [-0.25, -0.2) is 0 Å². The Morgan fingerprint density at radius 3 is 2.75 bits per heavy atom. The average molecular weight is 109 g/mol. The molecule has 0 saturated carbocycles. The Balaban J connectivity index is 2.23. The lowest BCUT2D eigenvalue weighted by molar-refractivity contribution is 0.277. The van der Waals surface area contributed by atoms with Gasteiger partial charge in [-0.15, -0.1) is 0 Å². The van der Waals surface area contributed by atoms with E-state index in [0.717, 1.165) is 6.54 Å². The highest BCUT2D eigenvalue weighted by molar-refractivity contribution is 6.11. The van der Waals surface area contributed by atoms with Crippen LogP contribution in [-0.4, -0.2) is 32.9 Å². The van der Waals surface area contributed by atoms with Crippen LogP contribution in [0.3, 0.4) is 0 Å². The van der Waals surface area contributed by atoms with E-state index in [4.69, 9.17) is 7.85 Å². The third-order valence-corrected chi connectivity index (χ3v) is 1.66. The lowest BCUT2D eigenvalue weighted by Crippen LogP contribution is -2.29. The van der Waals surface area contributed by atoms with E-state index >= 15 is 0 Å². The minimum absolute atomic E-state index is 0.439. The molecule has 8 heavy (non-hydrogen) atoms. The van der Waals surface area contributed by atoms with Gasteiger partial charge in [0.2, 0.25) is 0 Å². The van der Waals surface area contributed by atoms with Gasteiger partial charge in [0, 0.05) is 0 Å². The van der Waals surface area contributed by atoms with Gasteiger partial charge in [0.25, 0.3) is 0 Å². The van der Waals surface area contributed by atoms with Crippen molar-refractivity contribution < 1.29 is 0 Å². The summed E-state index contributed by atoms with van der Waals surface area (Å²) in [4.78, 5) is 2.29. The van der Waals surface area contributed by atoms with Gasteiger partial charge in [-0.3, -0.25) is 0 Å². The molecule has 0 aliphatic carbocycles. The summed E-state index contributed by atoms with van der Waals surface area (Å²) in [6, 6.07) is 0. The van der Waals surface area contributed by atoms with Crippen molar-refractivity contribution in [3.05, 3.63) is 0 Å². The molecule has 1 fully saturated rings. The van der Waals surface area contributed by atoms with Crippen LogP contribution in [0.1, 0.15) is 12.8 Å². The maximum absolute atomic E-state index is 5.68. The number of piperidine rings is 1. The summed E-state index contributed by atoms with van der Waals surface area (Å²) in [5.41, 5.74) is 0. The van der Waals surface area contributed by atoms with Crippen LogP contribution >= 0.6 is 0 Å². The Bertz CT molecular complexity index is 66.9. The van der Waals surface area contributed by atoms with Crippen molar-refractivity contribution in [1.82, 2.24) is 4.90 Å². The molecule has 1 rings (SSSR count). The van der Waals surface area contributed by atoms with Gasteiger partial charge in [-0.2, -0.15) is 0 Å². The van der Waals surface area contributed by atoms with Crippen LogP contribution in [0.15, 0.2) is 0 Å². The second-order valence-corrected chi connectivity index (χ2v) is 2.66. The first-order chi connectivity index (χ1) is 3.79. The molecule has 1 aliphatic heterocycles. The third-order valence-electron chi connectivity index (χ3n) is 1.66. The summed E-state index contributed by atoms with van der Waals surface area (Å²) < 4.78 is 0. The van der Waals surface area contributed by atoms with Crippen LogP contribution in [0.2, 0.25) is 5.82 Å². The number of hydrogen-bond acceptors (Lipinski definition) is 1. The standard InChI is InChI=1S/C6H12BN/c1-8-4-2-3-6(7)5-8/h6H,2-5H2,1H3/t6-/m1/s1. The zero-order chi connectivity index (χ0) is 5.98. The molecule has 1 nitrogen and oxygen atoms in total. The first-order valence-electron chi connectivity index (χ1n) is 3.23. The van der Waals surface area contributed by atoms with Gasteiger partial charge in [-0.1, -0.05) is 12.2 Å². The Labute approximate surface area is 52.5 Å². The molecule has 0 bridgehead atoms. The van der Waals surface area contributed by atoms with Crippen LogP contribution < -0.4 is 0 Å². The van der Waals surface area contributed by atoms with E-state index in [0.29, 0.717) is 5.82 Å². The second kappa shape index (κ2) is 2.54. The molecule has 0 N–H and O–H groups in total. The Morgan fingerprint density at radius 2 is 2.38 bits per heavy atom. The van der Waals surface area contributed by atoms with Gasteiger partial charge in [0.1, 0.15) is 0 Å². The smallest absolute Gasteiger partial charge is 0.0716 e. The van der Waals surface area contributed by atoms with Gasteiger partial charge in [-0.05, 0) is 26.6 Å². The minimum atomic E-state index is 0.439. The Hall–Kier alpha value is 0.0249. The highest BCUT2D eigenvalue weighted by atomic mass is 15.1. The highest BCUT2D eigenvalue weighted by Crippen LogP contribution is 2.15. The van der Waals surface area contributed by atoms with Crippen LogP contribution in [0.4, 0.5) is 0 Å². The fourth-order valence-corrected chi connectivity index (χ4v) is 1.21. The molecule has 44 valence electrons. The summed E-state index contributed by atoms with van der Waals surface area (Å²) >= 11 is 0. The van der Waals surface area contributed by atoms with Crippen molar-refractivity contribution in [2.75, 3.05) is 20.1 Å². The fraction of sp³-hybridized carbons (Fsp3) is 1.00. The zero-order valence-corrected chi connectivity index (χ0v) is 5.43. The van der Waals surface area contributed by atoms with E-state index in [1.54, 1.807) is 0 Å². The number of hydrogen-bond donors (Lipinski definition) is 0. The lowest BCUT2D eigenvalue weighted by Gasteiger charge is -2.27. The molecule has 0 aromatic carbocycles. The van der Waals surface area contributed by atoms with Crippen molar-refractivity contribution in [3.8, 4) is 0 Å². The molecule has 2 heteroatoms. The first-order valence-corrected chi connectivity index (χ1v) is 3.23. The molecule has 2 radical (unpaired) electrons. The average Bonchev–Trinajstić information content (AvgIpc) is 1.64. The zero-order valence-electron chi connectivity index (χ0n) is 5.43. The van der Waals surface area contributed by atoms with E-state index in [1.165, 1.54) is 19.4 Å². The maximum Gasteiger partial charge on any atom is 0.0716 e. The van der Waals surface area contributed by atoms with Crippen molar-refractivity contribution in [3.63, 3.8) is 0 Å². The van der Waals surface area contributed by atoms with E-state index in [9.17, 15) is 0 Å². The predicted octanol–water partition coefficient (Wildman–Crippen LogP) is 0.669. The summed E-state index contributed by atoms with van der Waals surface area (Å²) in [5.74, 6) is 0.439. The van der Waals surface area contributed by atoms with Gasteiger partial charge in [0.05, 0.1) is 7.85 Å². The molecule has 0 aromatic rings. The predicted molar refractivity (Wildman–Crippen MR) is 36.2 cm³/mol. The monoisotopic (exact) mass is 109 g/mol. The SMILES string of the molecule is [B][C@@H]1CCCN(C)C1. The maximum atomic E-state index is 5.68. The second-order valence-electron chi connectivity index (χ2n) is 2.66. The number of nitrogens with zero attached hydrogens (tertiary/aromatic N) is 1. The van der Waals surface area contributed by atoms with Crippen LogP contribution in [-0.2, 0) is 0 Å². The fourth-order valence-electron chi connectivity index (χ4n) is 1.21. The highest BCUT2D eigenvalue weighted by Gasteiger charge is 2.10. The quantitative estimate of drug-likeness (QED) is 0.413. The molecule has 0 aromatic heterocycles. The van der Waals surface area contributed by atoms with E-state index in [1.807, 2.05) is 0 Å². The van der Waals surface area contributed by atoms with Gasteiger partial charge in [0.15, 0.2) is 0 Å². The van der Waals surface area contributed by atoms with Crippen LogP contribution in [0.25, 0.3) is 0 Å². The molecule has 0 spiro atoms. The summed E-state index contributed by atoms with van der Waals surface area (Å²) in [6.45, 7) is 2.31. The Morgan fingerprint density at radius 1 is 1.62 bits per heavy atom. The van der Waals surface area contributed by atoms with Gasteiger partial charge >= 0.3 is 0 Å². The first kappa shape index (κ1) is 6.15. The third kappa shape index (κ3) is 1.51. The minimum Gasteiger partial charge on any atom is -0.307 e. The van der Waals surface area contributed by atoms with Gasteiger partial charge < -0.3 is 4.90 Å². The normalized spacial score (nSPS) is 32.9. The van der Waals surface area contributed by atoms with E-state index in [2.05, 4.69) is 11.9 Å². The number of likely N-dealkylation sites (tertiary alicyclic amines) is 1. The van der Waals surface area contributed by atoms with Crippen molar-refractivity contribution >= 4 is 7.85 Å². The summed E-state index contributed by atoms with van der Waals surface area (Å²) in [7, 11) is 7.81.